The van der Waals surface area contributed by atoms with Crippen LogP contribution in [0.1, 0.15) is 45.8 Å². The van der Waals surface area contributed by atoms with Crippen molar-refractivity contribution in [3.05, 3.63) is 66.9 Å². The number of carbonyl (C=O) groups is 2. The Morgan fingerprint density at radius 3 is 2.56 bits per heavy atom. The third kappa shape index (κ3) is 4.42. The molecule has 0 unspecified atom stereocenters. The predicted molar refractivity (Wildman–Crippen MR) is 121 cm³/mol. The first-order valence-corrected chi connectivity index (χ1v) is 11.2. The number of Topliss-reactive ketones (excluding diaryl/α,β-unsaturated/α-hetero) is 1. The number of hydrogen-bond donors (Lipinski definition) is 1. The second-order valence-electron chi connectivity index (χ2n) is 7.52. The molecule has 0 saturated heterocycles. The van der Waals surface area contributed by atoms with Crippen molar-refractivity contribution in [2.45, 2.75) is 33.7 Å². The van der Waals surface area contributed by atoms with E-state index in [1.807, 2.05) is 13.8 Å². The van der Waals surface area contributed by atoms with Gasteiger partial charge in [0.05, 0.1) is 32.1 Å². The minimum Gasteiger partial charge on any atom is -0.503 e. The van der Waals surface area contributed by atoms with E-state index in [9.17, 15) is 24.8 Å². The molecule has 1 atom stereocenters. The van der Waals surface area contributed by atoms with Gasteiger partial charge < -0.3 is 14.9 Å². The summed E-state index contributed by atoms with van der Waals surface area (Å²) in [5.41, 5.74) is 0.700. The minimum absolute atomic E-state index is 0.0678. The molecule has 2 aromatic rings. The molecule has 3 rings (SSSR count). The summed E-state index contributed by atoms with van der Waals surface area (Å²) in [4.78, 5) is 45.5. The van der Waals surface area contributed by atoms with Crippen LogP contribution >= 0.6 is 11.3 Å². The molecule has 9 nitrogen and oxygen atoms in total. The molecule has 0 bridgehead atoms. The van der Waals surface area contributed by atoms with Crippen LogP contribution in [-0.2, 0) is 4.79 Å². The Morgan fingerprint density at radius 2 is 2.00 bits per heavy atom. The van der Waals surface area contributed by atoms with Crippen molar-refractivity contribution in [3.63, 3.8) is 0 Å². The molecular formula is C22H26N4O5S. The maximum atomic E-state index is 13.5. The van der Waals surface area contributed by atoms with Gasteiger partial charge in [-0.2, -0.15) is 0 Å². The van der Waals surface area contributed by atoms with Crippen molar-refractivity contribution in [3.8, 4) is 0 Å². The third-order valence-electron chi connectivity index (χ3n) is 5.61. The normalized spacial score (nSPS) is 16.3. The number of nitrogens with zero attached hydrogens (tertiary/aromatic N) is 4. The smallest absolute Gasteiger partial charge is 0.290 e. The van der Waals surface area contributed by atoms with E-state index in [1.165, 1.54) is 34.4 Å². The number of aromatic nitrogens is 1. The number of nitro groups is 1. The molecule has 0 fully saturated rings. The largest absolute Gasteiger partial charge is 0.503 e. The summed E-state index contributed by atoms with van der Waals surface area (Å²) in [5, 5.41) is 22.8. The summed E-state index contributed by atoms with van der Waals surface area (Å²) in [5.74, 6) is -1.76. The van der Waals surface area contributed by atoms with Gasteiger partial charge in [-0.1, -0.05) is 26.0 Å². The van der Waals surface area contributed by atoms with Crippen LogP contribution in [0.3, 0.4) is 0 Å². The van der Waals surface area contributed by atoms with Crippen LogP contribution in [0.25, 0.3) is 0 Å². The van der Waals surface area contributed by atoms with Crippen LogP contribution in [-0.4, -0.2) is 62.7 Å². The summed E-state index contributed by atoms with van der Waals surface area (Å²) < 4.78 is 0. The van der Waals surface area contributed by atoms with Crippen molar-refractivity contribution >= 4 is 28.7 Å². The first-order valence-electron chi connectivity index (χ1n) is 10.4. The minimum atomic E-state index is -0.924. The molecule has 32 heavy (non-hydrogen) atoms. The van der Waals surface area contributed by atoms with Crippen LogP contribution in [0.4, 0.5) is 5.69 Å². The SMILES string of the molecule is CCN(CC)CCN1C(=O)C(O)=C(C(=O)c2sc(C)nc2C)[C@@H]1c1cccc([N+](=O)[O-])c1. The molecule has 1 aliphatic heterocycles. The topological polar surface area (TPSA) is 117 Å². The number of rotatable bonds is 9. The fraction of sp³-hybridized carbons (Fsp3) is 0.409. The molecule has 1 amide bonds. The van der Waals surface area contributed by atoms with Crippen molar-refractivity contribution < 1.29 is 19.6 Å². The van der Waals surface area contributed by atoms with Crippen molar-refractivity contribution in [1.29, 1.82) is 0 Å². The highest BCUT2D eigenvalue weighted by atomic mass is 32.1. The Morgan fingerprint density at radius 1 is 1.31 bits per heavy atom. The van der Waals surface area contributed by atoms with E-state index in [0.717, 1.165) is 13.1 Å². The number of aliphatic hydroxyl groups is 1. The number of thiazole rings is 1. The number of aryl methyl sites for hydroxylation is 2. The number of ketones is 1. The molecule has 0 aliphatic carbocycles. The van der Waals surface area contributed by atoms with E-state index in [1.54, 1.807) is 19.9 Å². The standard InChI is InChI=1S/C22H26N4O5S/c1-5-24(6-2)10-11-25-18(15-8-7-9-16(12-15)26(30)31)17(20(28)22(25)29)19(27)21-13(3)23-14(4)32-21/h7-9,12,18,28H,5-6,10-11H2,1-4H3/t18-/m0/s1. The fourth-order valence-corrected chi connectivity index (χ4v) is 4.80. The first-order chi connectivity index (χ1) is 15.2. The van der Waals surface area contributed by atoms with E-state index >= 15 is 0 Å². The highest BCUT2D eigenvalue weighted by Gasteiger charge is 2.44. The Labute approximate surface area is 190 Å². The Bertz CT molecular complexity index is 1090. The molecule has 1 aromatic carbocycles. The molecule has 0 saturated carbocycles. The molecule has 1 aliphatic rings. The van der Waals surface area contributed by atoms with Crippen LogP contribution < -0.4 is 0 Å². The summed E-state index contributed by atoms with van der Waals surface area (Å²) in [6, 6.07) is 4.92. The van der Waals surface area contributed by atoms with Gasteiger partial charge in [0.25, 0.3) is 11.6 Å². The van der Waals surface area contributed by atoms with Crippen molar-refractivity contribution in [2.75, 3.05) is 26.2 Å². The fourth-order valence-electron chi connectivity index (χ4n) is 3.92. The number of non-ortho nitro benzene ring substituents is 1. The molecule has 0 radical (unpaired) electrons. The number of amides is 1. The van der Waals surface area contributed by atoms with Gasteiger partial charge in [0.15, 0.2) is 5.76 Å². The molecule has 10 heteroatoms. The molecule has 170 valence electrons. The predicted octanol–water partition coefficient (Wildman–Crippen LogP) is 3.59. The Kier molecular flexibility index (Phi) is 7.05. The summed E-state index contributed by atoms with van der Waals surface area (Å²) in [6.07, 6.45) is 0. The lowest BCUT2D eigenvalue weighted by atomic mass is 9.94. The maximum absolute atomic E-state index is 13.5. The van der Waals surface area contributed by atoms with Gasteiger partial charge in [-0.25, -0.2) is 4.98 Å². The van der Waals surface area contributed by atoms with Gasteiger partial charge in [0, 0.05) is 25.2 Å². The summed E-state index contributed by atoms with van der Waals surface area (Å²) >= 11 is 1.19. The molecule has 1 aromatic heterocycles. The molecule has 1 N–H and O–H groups in total. The second-order valence-corrected chi connectivity index (χ2v) is 8.72. The molecule has 2 heterocycles. The lowest BCUT2D eigenvalue weighted by Crippen LogP contribution is -2.38. The lowest BCUT2D eigenvalue weighted by molar-refractivity contribution is -0.384. The van der Waals surface area contributed by atoms with Crippen LogP contribution in [0, 0.1) is 24.0 Å². The maximum Gasteiger partial charge on any atom is 0.290 e. The molecule has 0 spiro atoms. The van der Waals surface area contributed by atoms with E-state index in [0.29, 0.717) is 27.7 Å². The van der Waals surface area contributed by atoms with Crippen molar-refractivity contribution in [2.24, 2.45) is 0 Å². The quantitative estimate of drug-likeness (QED) is 0.347. The second kappa shape index (κ2) is 9.58. The highest BCUT2D eigenvalue weighted by Crippen LogP contribution is 2.40. The van der Waals surface area contributed by atoms with Crippen LogP contribution in [0.2, 0.25) is 0 Å². The number of aliphatic hydroxyl groups excluding tert-OH is 1. The van der Waals surface area contributed by atoms with Gasteiger partial charge in [-0.05, 0) is 32.5 Å². The van der Waals surface area contributed by atoms with E-state index in [4.69, 9.17) is 0 Å². The number of hydrogen-bond acceptors (Lipinski definition) is 8. The average molecular weight is 459 g/mol. The van der Waals surface area contributed by atoms with Crippen LogP contribution in [0.5, 0.6) is 0 Å². The number of benzene rings is 1. The number of carbonyl (C=O) groups excluding carboxylic acids is 2. The monoisotopic (exact) mass is 458 g/mol. The summed E-state index contributed by atoms with van der Waals surface area (Å²) in [6.45, 7) is 9.85. The highest BCUT2D eigenvalue weighted by molar-refractivity contribution is 7.14. The Balaban J connectivity index is 2.09. The lowest BCUT2D eigenvalue weighted by Gasteiger charge is -2.29. The third-order valence-corrected chi connectivity index (χ3v) is 6.68. The first kappa shape index (κ1) is 23.6. The van der Waals surface area contributed by atoms with E-state index < -0.39 is 28.4 Å². The van der Waals surface area contributed by atoms with Gasteiger partial charge >= 0.3 is 0 Å². The number of likely N-dealkylation sites (N-methyl/N-ethyl adjacent to an activating group) is 1. The van der Waals surface area contributed by atoms with Crippen LogP contribution in [0.15, 0.2) is 35.6 Å². The van der Waals surface area contributed by atoms with E-state index in [2.05, 4.69) is 9.88 Å². The Hall–Kier alpha value is -3.11. The van der Waals surface area contributed by atoms with Gasteiger partial charge in [-0.15, -0.1) is 11.3 Å². The molecular weight excluding hydrogens is 432 g/mol. The zero-order valence-corrected chi connectivity index (χ0v) is 19.3. The van der Waals surface area contributed by atoms with Gasteiger partial charge in [0.2, 0.25) is 5.78 Å². The average Bonchev–Trinajstić information content (AvgIpc) is 3.24. The number of nitro benzene ring substituents is 1. The van der Waals surface area contributed by atoms with E-state index in [-0.39, 0.29) is 17.8 Å². The van der Waals surface area contributed by atoms with Gasteiger partial charge in [-0.3, -0.25) is 19.7 Å². The zero-order valence-electron chi connectivity index (χ0n) is 18.5. The van der Waals surface area contributed by atoms with Gasteiger partial charge in [0.1, 0.15) is 0 Å². The zero-order chi connectivity index (χ0) is 23.6. The summed E-state index contributed by atoms with van der Waals surface area (Å²) in [7, 11) is 0. The van der Waals surface area contributed by atoms with Crippen molar-refractivity contribution in [1.82, 2.24) is 14.8 Å².